The summed E-state index contributed by atoms with van der Waals surface area (Å²) in [6.45, 7) is 6.26. The predicted octanol–water partition coefficient (Wildman–Crippen LogP) is 5.40. The van der Waals surface area contributed by atoms with E-state index in [1.807, 2.05) is 73.7 Å². The fourth-order valence-electron chi connectivity index (χ4n) is 3.24. The van der Waals surface area contributed by atoms with Crippen molar-refractivity contribution < 1.29 is 9.53 Å². The maximum Gasteiger partial charge on any atom is 0.258 e. The fraction of sp³-hybridized carbons (Fsp3) is 0.240. The largest absolute Gasteiger partial charge is 0.483 e. The molecule has 0 aliphatic heterocycles. The molecule has 1 N–H and O–H groups in total. The van der Waals surface area contributed by atoms with Crippen LogP contribution in [0.15, 0.2) is 78.9 Å². The summed E-state index contributed by atoms with van der Waals surface area (Å²) < 4.78 is 5.90. The first-order valence-electron chi connectivity index (χ1n) is 9.67. The zero-order valence-corrected chi connectivity index (χ0v) is 16.7. The van der Waals surface area contributed by atoms with Crippen LogP contribution in [0.4, 0.5) is 0 Å². The normalized spacial score (nSPS) is 10.9. The smallest absolute Gasteiger partial charge is 0.258 e. The van der Waals surface area contributed by atoms with Crippen LogP contribution >= 0.6 is 0 Å². The molecule has 3 heteroatoms. The quantitative estimate of drug-likeness (QED) is 0.602. The van der Waals surface area contributed by atoms with E-state index in [9.17, 15) is 4.79 Å². The summed E-state index contributed by atoms with van der Waals surface area (Å²) in [5.74, 6) is 0.968. The summed E-state index contributed by atoms with van der Waals surface area (Å²) in [6.07, 6.45) is 0. The lowest BCUT2D eigenvalue weighted by atomic mass is 9.99. The summed E-state index contributed by atoms with van der Waals surface area (Å²) in [7, 11) is 0. The third kappa shape index (κ3) is 5.01. The van der Waals surface area contributed by atoms with Gasteiger partial charge in [-0.15, -0.1) is 0 Å². The van der Waals surface area contributed by atoms with Crippen LogP contribution in [0, 0.1) is 6.92 Å². The number of hydrogen-bond donors (Lipinski definition) is 1. The lowest BCUT2D eigenvalue weighted by Crippen LogP contribution is -2.33. The van der Waals surface area contributed by atoms with Crippen molar-refractivity contribution >= 4 is 5.91 Å². The van der Waals surface area contributed by atoms with Crippen molar-refractivity contribution in [2.24, 2.45) is 0 Å². The van der Waals surface area contributed by atoms with Gasteiger partial charge in [-0.3, -0.25) is 4.79 Å². The Morgan fingerprint density at radius 3 is 2.00 bits per heavy atom. The molecule has 0 saturated heterocycles. The topological polar surface area (TPSA) is 38.3 Å². The molecule has 0 aliphatic carbocycles. The molecule has 0 fully saturated rings. The van der Waals surface area contributed by atoms with Gasteiger partial charge in [-0.05, 0) is 41.2 Å². The molecule has 1 amide bonds. The van der Waals surface area contributed by atoms with Crippen LogP contribution in [0.25, 0.3) is 0 Å². The highest BCUT2D eigenvalue weighted by Gasteiger charge is 2.17. The molecule has 3 aromatic carbocycles. The Hall–Kier alpha value is -3.07. The average molecular weight is 373 g/mol. The molecule has 0 radical (unpaired) electrons. The lowest BCUT2D eigenvalue weighted by molar-refractivity contribution is -0.123. The molecule has 0 unspecified atom stereocenters. The van der Waals surface area contributed by atoms with Crippen LogP contribution in [-0.4, -0.2) is 12.5 Å². The Labute approximate surface area is 167 Å². The molecular weight excluding hydrogens is 346 g/mol. The maximum absolute atomic E-state index is 12.7. The Balaban J connectivity index is 1.74. The van der Waals surface area contributed by atoms with Crippen molar-refractivity contribution in [1.82, 2.24) is 5.32 Å². The number of hydrogen-bond acceptors (Lipinski definition) is 2. The molecule has 0 aromatic heterocycles. The van der Waals surface area contributed by atoms with Crippen molar-refractivity contribution in [2.75, 3.05) is 6.61 Å². The number of amides is 1. The summed E-state index contributed by atoms with van der Waals surface area (Å²) in [6, 6.07) is 25.9. The van der Waals surface area contributed by atoms with Crippen LogP contribution in [0.2, 0.25) is 0 Å². The van der Waals surface area contributed by atoms with E-state index >= 15 is 0 Å². The minimum absolute atomic E-state index is 0.0145. The van der Waals surface area contributed by atoms with Gasteiger partial charge in [0.1, 0.15) is 5.75 Å². The number of aryl methyl sites for hydroxylation is 1. The fourth-order valence-corrected chi connectivity index (χ4v) is 3.24. The number of carbonyl (C=O) groups is 1. The first-order chi connectivity index (χ1) is 13.5. The summed E-state index contributed by atoms with van der Waals surface area (Å²) >= 11 is 0. The number of benzene rings is 3. The van der Waals surface area contributed by atoms with E-state index in [0.29, 0.717) is 5.92 Å². The lowest BCUT2D eigenvalue weighted by Gasteiger charge is -2.21. The van der Waals surface area contributed by atoms with Crippen LogP contribution in [0.3, 0.4) is 0 Å². The van der Waals surface area contributed by atoms with Gasteiger partial charge in [0.2, 0.25) is 0 Å². The van der Waals surface area contributed by atoms with Crippen molar-refractivity contribution in [1.29, 1.82) is 0 Å². The zero-order valence-electron chi connectivity index (χ0n) is 16.7. The van der Waals surface area contributed by atoms with Crippen molar-refractivity contribution in [2.45, 2.75) is 32.7 Å². The highest BCUT2D eigenvalue weighted by Crippen LogP contribution is 2.27. The third-order valence-corrected chi connectivity index (χ3v) is 4.72. The zero-order chi connectivity index (χ0) is 19.9. The first-order valence-corrected chi connectivity index (χ1v) is 9.67. The molecule has 0 saturated carbocycles. The molecule has 3 nitrogen and oxygen atoms in total. The van der Waals surface area contributed by atoms with Crippen LogP contribution < -0.4 is 10.1 Å². The van der Waals surface area contributed by atoms with Crippen LogP contribution in [0.1, 0.15) is 48.1 Å². The SMILES string of the molecule is Cc1ccc(C(C)C)c(OCC(=O)NC(c2ccccc2)c2ccccc2)c1. The standard InChI is InChI=1S/C25H27NO2/c1-18(2)22-15-14-19(3)16-23(22)28-17-24(27)26-25(20-10-6-4-7-11-20)21-12-8-5-9-13-21/h4-16,18,25H,17H2,1-3H3,(H,26,27). The molecular formula is C25H27NO2. The van der Waals surface area contributed by atoms with Gasteiger partial charge in [0.25, 0.3) is 5.91 Å². The second-order valence-electron chi connectivity index (χ2n) is 7.31. The summed E-state index contributed by atoms with van der Waals surface area (Å²) in [5.41, 5.74) is 4.31. The van der Waals surface area contributed by atoms with Crippen molar-refractivity contribution in [3.63, 3.8) is 0 Å². The van der Waals surface area contributed by atoms with E-state index in [2.05, 4.69) is 31.3 Å². The summed E-state index contributed by atoms with van der Waals surface area (Å²) in [4.78, 5) is 12.7. The van der Waals surface area contributed by atoms with Gasteiger partial charge in [0.15, 0.2) is 6.61 Å². The Morgan fingerprint density at radius 2 is 1.46 bits per heavy atom. The van der Waals surface area contributed by atoms with E-state index in [0.717, 1.165) is 28.0 Å². The number of rotatable bonds is 7. The molecule has 3 rings (SSSR count). The molecule has 28 heavy (non-hydrogen) atoms. The minimum Gasteiger partial charge on any atom is -0.483 e. The van der Waals surface area contributed by atoms with Gasteiger partial charge in [0.05, 0.1) is 6.04 Å². The van der Waals surface area contributed by atoms with Crippen molar-refractivity contribution in [3.8, 4) is 5.75 Å². The van der Waals surface area contributed by atoms with Gasteiger partial charge in [0, 0.05) is 0 Å². The minimum atomic E-state index is -0.208. The Kier molecular flexibility index (Phi) is 6.49. The average Bonchev–Trinajstić information content (AvgIpc) is 2.71. The van der Waals surface area contributed by atoms with Gasteiger partial charge < -0.3 is 10.1 Å². The van der Waals surface area contributed by atoms with E-state index in [1.165, 1.54) is 0 Å². The van der Waals surface area contributed by atoms with E-state index in [4.69, 9.17) is 4.74 Å². The van der Waals surface area contributed by atoms with Crippen molar-refractivity contribution in [3.05, 3.63) is 101 Å². The van der Waals surface area contributed by atoms with E-state index < -0.39 is 0 Å². The maximum atomic E-state index is 12.7. The molecule has 0 bridgehead atoms. The molecule has 0 spiro atoms. The second-order valence-corrected chi connectivity index (χ2v) is 7.31. The Morgan fingerprint density at radius 1 is 0.893 bits per heavy atom. The molecule has 0 atom stereocenters. The monoisotopic (exact) mass is 373 g/mol. The highest BCUT2D eigenvalue weighted by atomic mass is 16.5. The van der Waals surface area contributed by atoms with Gasteiger partial charge in [-0.2, -0.15) is 0 Å². The van der Waals surface area contributed by atoms with Crippen LogP contribution in [0.5, 0.6) is 5.75 Å². The van der Waals surface area contributed by atoms with E-state index in [-0.39, 0.29) is 18.6 Å². The first kappa shape index (κ1) is 19.7. The summed E-state index contributed by atoms with van der Waals surface area (Å²) in [5, 5.41) is 3.12. The highest BCUT2D eigenvalue weighted by molar-refractivity contribution is 5.78. The van der Waals surface area contributed by atoms with Gasteiger partial charge >= 0.3 is 0 Å². The third-order valence-electron chi connectivity index (χ3n) is 4.72. The number of carbonyl (C=O) groups excluding carboxylic acids is 1. The number of nitrogens with one attached hydrogen (secondary N) is 1. The number of ether oxygens (including phenoxy) is 1. The Bertz CT molecular complexity index is 865. The molecule has 0 aliphatic rings. The van der Waals surface area contributed by atoms with E-state index in [1.54, 1.807) is 0 Å². The molecule has 144 valence electrons. The van der Waals surface area contributed by atoms with Gasteiger partial charge in [-0.25, -0.2) is 0 Å². The predicted molar refractivity (Wildman–Crippen MR) is 114 cm³/mol. The van der Waals surface area contributed by atoms with Crippen LogP contribution in [-0.2, 0) is 4.79 Å². The second kappa shape index (κ2) is 9.23. The molecule has 3 aromatic rings. The molecule has 0 heterocycles. The van der Waals surface area contributed by atoms with Gasteiger partial charge in [-0.1, -0.05) is 86.6 Å².